The van der Waals surface area contributed by atoms with Crippen molar-refractivity contribution >= 4 is 41.6 Å². The summed E-state index contributed by atoms with van der Waals surface area (Å²) in [6.45, 7) is 1.89. The van der Waals surface area contributed by atoms with Crippen LogP contribution in [-0.2, 0) is 4.79 Å². The summed E-state index contributed by atoms with van der Waals surface area (Å²) in [5.74, 6) is 1.55. The zero-order chi connectivity index (χ0) is 23.0. The summed E-state index contributed by atoms with van der Waals surface area (Å²) in [4.78, 5) is 12.4. The van der Waals surface area contributed by atoms with Gasteiger partial charge in [0.15, 0.2) is 11.0 Å². The van der Waals surface area contributed by atoms with Gasteiger partial charge in [0.2, 0.25) is 0 Å². The van der Waals surface area contributed by atoms with Crippen LogP contribution in [0.15, 0.2) is 62.9 Å². The molecular weight excluding hydrogens is 458 g/mol. The van der Waals surface area contributed by atoms with Crippen LogP contribution in [0.4, 0.5) is 0 Å². The van der Waals surface area contributed by atoms with Crippen molar-refractivity contribution in [2.24, 2.45) is 5.10 Å². The quantitative estimate of drug-likeness (QED) is 0.241. The lowest BCUT2D eigenvalue weighted by Gasteiger charge is -2.25. The zero-order valence-electron chi connectivity index (χ0n) is 18.4. The minimum atomic E-state index is -0.201. The number of thioether (sulfide) groups is 1. The van der Waals surface area contributed by atoms with Crippen LogP contribution < -0.4 is 5.43 Å². The van der Waals surface area contributed by atoms with Gasteiger partial charge in [0, 0.05) is 16.6 Å². The van der Waals surface area contributed by atoms with Gasteiger partial charge in [-0.3, -0.25) is 9.36 Å². The molecule has 1 saturated carbocycles. The third kappa shape index (κ3) is 6.36. The van der Waals surface area contributed by atoms with Gasteiger partial charge in [0.25, 0.3) is 5.91 Å². The molecule has 7 nitrogen and oxygen atoms in total. The number of benzene rings is 1. The number of halogens is 1. The van der Waals surface area contributed by atoms with E-state index in [0.29, 0.717) is 11.1 Å². The summed E-state index contributed by atoms with van der Waals surface area (Å²) in [5, 5.41) is 14.3. The number of furan rings is 1. The van der Waals surface area contributed by atoms with Gasteiger partial charge in [0.05, 0.1) is 18.2 Å². The van der Waals surface area contributed by atoms with Crippen LogP contribution in [0.3, 0.4) is 0 Å². The van der Waals surface area contributed by atoms with Crippen molar-refractivity contribution in [3.8, 4) is 11.4 Å². The van der Waals surface area contributed by atoms with Crippen molar-refractivity contribution in [3.63, 3.8) is 0 Å². The molecular formula is C24H26ClN5O2S. The standard InChI is InChI=1S/C24H26ClN5O2S/c1-17(14-21-8-5-13-32-21)15-26-27-22(31)16-33-24-29-28-23(18-9-11-19(25)12-10-18)30(24)20-6-3-2-4-7-20/h5,8-15,20H,2-4,6-7,16H2,1H3,(H,27,31)/b17-14+,26-15+. The van der Waals surface area contributed by atoms with E-state index in [1.165, 1.54) is 31.0 Å². The van der Waals surface area contributed by atoms with Gasteiger partial charge in [-0.05, 0) is 67.8 Å². The lowest BCUT2D eigenvalue weighted by molar-refractivity contribution is -0.118. The predicted molar refractivity (Wildman–Crippen MR) is 132 cm³/mol. The van der Waals surface area contributed by atoms with Gasteiger partial charge in [-0.15, -0.1) is 10.2 Å². The summed E-state index contributed by atoms with van der Waals surface area (Å²) in [6.07, 6.45) is 10.9. The summed E-state index contributed by atoms with van der Waals surface area (Å²) in [6, 6.07) is 11.6. The van der Waals surface area contributed by atoms with Gasteiger partial charge in [0.1, 0.15) is 5.76 Å². The molecule has 1 aliphatic rings. The number of allylic oxidation sites excluding steroid dienone is 1. The highest BCUT2D eigenvalue weighted by molar-refractivity contribution is 7.99. The van der Waals surface area contributed by atoms with E-state index >= 15 is 0 Å². The molecule has 33 heavy (non-hydrogen) atoms. The Morgan fingerprint density at radius 2 is 2.03 bits per heavy atom. The molecule has 1 fully saturated rings. The summed E-state index contributed by atoms with van der Waals surface area (Å²) < 4.78 is 7.46. The van der Waals surface area contributed by atoms with Gasteiger partial charge in [-0.1, -0.05) is 42.6 Å². The lowest BCUT2D eigenvalue weighted by atomic mass is 9.95. The van der Waals surface area contributed by atoms with E-state index < -0.39 is 0 Å². The molecule has 2 aromatic heterocycles. The number of hydrogen-bond donors (Lipinski definition) is 1. The minimum absolute atomic E-state index is 0.198. The minimum Gasteiger partial charge on any atom is -0.465 e. The molecule has 0 bridgehead atoms. The smallest absolute Gasteiger partial charge is 0.250 e. The summed E-state index contributed by atoms with van der Waals surface area (Å²) >= 11 is 7.44. The molecule has 1 amide bonds. The maximum Gasteiger partial charge on any atom is 0.250 e. The van der Waals surface area contributed by atoms with Crippen molar-refractivity contribution in [2.45, 2.75) is 50.2 Å². The van der Waals surface area contributed by atoms with Crippen molar-refractivity contribution < 1.29 is 9.21 Å². The summed E-state index contributed by atoms with van der Waals surface area (Å²) in [5.41, 5.74) is 4.41. The Labute approximate surface area is 202 Å². The number of hydrazone groups is 1. The van der Waals surface area contributed by atoms with Crippen molar-refractivity contribution in [3.05, 3.63) is 59.0 Å². The largest absolute Gasteiger partial charge is 0.465 e. The maximum absolute atomic E-state index is 12.4. The monoisotopic (exact) mass is 483 g/mol. The molecule has 0 radical (unpaired) electrons. The molecule has 9 heteroatoms. The van der Waals surface area contributed by atoms with E-state index in [2.05, 4.69) is 25.3 Å². The number of rotatable bonds is 8. The highest BCUT2D eigenvalue weighted by atomic mass is 35.5. The van der Waals surface area contributed by atoms with E-state index in [1.807, 2.05) is 49.4 Å². The normalized spacial score (nSPS) is 15.3. The Morgan fingerprint density at radius 3 is 2.76 bits per heavy atom. The molecule has 4 rings (SSSR count). The molecule has 0 unspecified atom stereocenters. The fraction of sp³-hybridized carbons (Fsp3) is 0.333. The van der Waals surface area contributed by atoms with Crippen molar-refractivity contribution in [2.75, 3.05) is 5.75 Å². The Bertz CT molecular complexity index is 1120. The molecule has 3 aromatic rings. The van der Waals surface area contributed by atoms with E-state index in [0.717, 1.165) is 40.7 Å². The highest BCUT2D eigenvalue weighted by Gasteiger charge is 2.24. The van der Waals surface area contributed by atoms with Crippen molar-refractivity contribution in [1.29, 1.82) is 0 Å². The third-order valence-electron chi connectivity index (χ3n) is 5.41. The average molecular weight is 484 g/mol. The van der Waals surface area contributed by atoms with E-state index in [1.54, 1.807) is 12.5 Å². The number of nitrogens with zero attached hydrogens (tertiary/aromatic N) is 4. The molecule has 172 valence electrons. The molecule has 1 aromatic carbocycles. The fourth-order valence-electron chi connectivity index (χ4n) is 3.84. The second kappa shape index (κ2) is 11.3. The molecule has 0 saturated heterocycles. The van der Waals surface area contributed by atoms with Crippen LogP contribution in [0.1, 0.15) is 50.8 Å². The molecule has 2 heterocycles. The van der Waals surface area contributed by atoms with Crippen LogP contribution in [0, 0.1) is 0 Å². The Morgan fingerprint density at radius 1 is 1.24 bits per heavy atom. The molecule has 0 spiro atoms. The molecule has 0 atom stereocenters. The van der Waals surface area contributed by atoms with Crippen molar-refractivity contribution in [1.82, 2.24) is 20.2 Å². The van der Waals surface area contributed by atoms with Crippen LogP contribution >= 0.6 is 23.4 Å². The molecule has 1 aliphatic carbocycles. The summed E-state index contributed by atoms with van der Waals surface area (Å²) in [7, 11) is 0. The van der Waals surface area contributed by atoms with E-state index in [9.17, 15) is 4.79 Å². The SMILES string of the molecule is CC(/C=N/NC(=O)CSc1nnc(-c2ccc(Cl)cc2)n1C1CCCCC1)=C\c1ccco1. The number of hydrogen-bond acceptors (Lipinski definition) is 6. The number of nitrogens with one attached hydrogen (secondary N) is 1. The first kappa shape index (κ1) is 23.3. The van der Waals surface area contributed by atoms with Gasteiger partial charge < -0.3 is 4.42 Å². The highest BCUT2D eigenvalue weighted by Crippen LogP contribution is 2.35. The first-order chi connectivity index (χ1) is 16.1. The number of amides is 1. The lowest BCUT2D eigenvalue weighted by Crippen LogP contribution is -2.20. The van der Waals surface area contributed by atoms with Gasteiger partial charge in [-0.2, -0.15) is 5.10 Å². The number of aromatic nitrogens is 3. The van der Waals surface area contributed by atoms with E-state index in [-0.39, 0.29) is 11.7 Å². The first-order valence-electron chi connectivity index (χ1n) is 11.0. The fourth-order valence-corrected chi connectivity index (χ4v) is 4.77. The third-order valence-corrected chi connectivity index (χ3v) is 6.60. The predicted octanol–water partition coefficient (Wildman–Crippen LogP) is 5.99. The van der Waals surface area contributed by atoms with Gasteiger partial charge >= 0.3 is 0 Å². The second-order valence-electron chi connectivity index (χ2n) is 7.96. The average Bonchev–Trinajstić information content (AvgIpc) is 3.49. The first-order valence-corrected chi connectivity index (χ1v) is 12.3. The molecule has 1 N–H and O–H groups in total. The van der Waals surface area contributed by atoms with Crippen LogP contribution in [-0.4, -0.2) is 32.6 Å². The Balaban J connectivity index is 1.42. The second-order valence-corrected chi connectivity index (χ2v) is 9.34. The van der Waals surface area contributed by atoms with E-state index in [4.69, 9.17) is 16.0 Å². The topological polar surface area (TPSA) is 85.3 Å². The van der Waals surface area contributed by atoms with Crippen LogP contribution in [0.2, 0.25) is 5.02 Å². The molecule has 0 aliphatic heterocycles. The maximum atomic E-state index is 12.4. The van der Waals surface area contributed by atoms with Gasteiger partial charge in [-0.25, -0.2) is 5.43 Å². The number of carbonyl (C=O) groups is 1. The zero-order valence-corrected chi connectivity index (χ0v) is 20.0. The Kier molecular flexibility index (Phi) is 8.01. The number of carbonyl (C=O) groups excluding carboxylic acids is 1. The van der Waals surface area contributed by atoms with Crippen LogP contribution in [0.5, 0.6) is 0 Å². The Hall–Kier alpha value is -2.84. The van der Waals surface area contributed by atoms with Crippen LogP contribution in [0.25, 0.3) is 17.5 Å².